The third-order valence-corrected chi connectivity index (χ3v) is 5.55. The second-order valence-electron chi connectivity index (χ2n) is 6.83. The Morgan fingerprint density at radius 1 is 1.05 bits per heavy atom. The molecule has 0 spiro atoms. The van der Waals surface area contributed by atoms with Crippen molar-refractivity contribution in [2.45, 2.75) is 58.3 Å². The predicted octanol–water partition coefficient (Wildman–Crippen LogP) is 4.88. The third-order valence-electron chi connectivity index (χ3n) is 5.55. The number of rotatable bonds is 3. The van der Waals surface area contributed by atoms with Gasteiger partial charge in [-0.05, 0) is 66.7 Å². The van der Waals surface area contributed by atoms with Gasteiger partial charge in [0, 0.05) is 0 Å². The van der Waals surface area contributed by atoms with E-state index in [1.807, 2.05) is 6.07 Å². The van der Waals surface area contributed by atoms with Crippen LogP contribution in [0.25, 0.3) is 0 Å². The van der Waals surface area contributed by atoms with Crippen LogP contribution < -0.4 is 0 Å². The Morgan fingerprint density at radius 2 is 1.80 bits per heavy atom. The van der Waals surface area contributed by atoms with Crippen molar-refractivity contribution in [2.24, 2.45) is 17.8 Å². The highest BCUT2D eigenvalue weighted by Crippen LogP contribution is 2.41. The summed E-state index contributed by atoms with van der Waals surface area (Å²) >= 11 is 0. The Hall–Kier alpha value is -1.29. The summed E-state index contributed by atoms with van der Waals surface area (Å²) in [5.41, 5.74) is 3.78. The number of hydrogen-bond donors (Lipinski definition) is 0. The lowest BCUT2D eigenvalue weighted by Crippen LogP contribution is -2.22. The molecule has 0 heterocycles. The smallest absolute Gasteiger partial charge is 0.0991 e. The molecule has 1 nitrogen and oxygen atoms in total. The van der Waals surface area contributed by atoms with Gasteiger partial charge in [-0.2, -0.15) is 5.26 Å². The molecule has 1 unspecified atom stereocenters. The molecule has 106 valence electrons. The van der Waals surface area contributed by atoms with Crippen LogP contribution in [0.4, 0.5) is 0 Å². The monoisotopic (exact) mass is 267 g/mol. The summed E-state index contributed by atoms with van der Waals surface area (Å²) < 4.78 is 0. The van der Waals surface area contributed by atoms with E-state index in [9.17, 15) is 0 Å². The van der Waals surface area contributed by atoms with Crippen molar-refractivity contribution in [2.75, 3.05) is 0 Å². The highest BCUT2D eigenvalue weighted by atomic mass is 14.4. The van der Waals surface area contributed by atoms with Crippen molar-refractivity contribution in [1.82, 2.24) is 0 Å². The molecule has 1 fully saturated rings. The molecule has 2 aliphatic rings. The molecule has 3 rings (SSSR count). The Balaban J connectivity index is 1.60. The quantitative estimate of drug-likeness (QED) is 0.765. The van der Waals surface area contributed by atoms with E-state index in [1.165, 1.54) is 62.5 Å². The van der Waals surface area contributed by atoms with Gasteiger partial charge >= 0.3 is 0 Å². The van der Waals surface area contributed by atoms with Gasteiger partial charge in [-0.1, -0.05) is 38.7 Å². The zero-order valence-electron chi connectivity index (χ0n) is 12.6. The van der Waals surface area contributed by atoms with Gasteiger partial charge in [0.15, 0.2) is 0 Å². The summed E-state index contributed by atoms with van der Waals surface area (Å²) in [4.78, 5) is 0. The molecule has 1 aromatic rings. The molecule has 1 atom stereocenters. The van der Waals surface area contributed by atoms with E-state index in [-0.39, 0.29) is 0 Å². The second-order valence-corrected chi connectivity index (χ2v) is 6.83. The minimum Gasteiger partial charge on any atom is -0.192 e. The van der Waals surface area contributed by atoms with Crippen LogP contribution in [0.3, 0.4) is 0 Å². The molecule has 1 heteroatoms. The lowest BCUT2D eigenvalue weighted by atomic mass is 9.74. The molecule has 2 aliphatic carbocycles. The van der Waals surface area contributed by atoms with Crippen LogP contribution in [0.2, 0.25) is 0 Å². The van der Waals surface area contributed by atoms with Gasteiger partial charge in [-0.15, -0.1) is 0 Å². The maximum absolute atomic E-state index is 9.01. The maximum atomic E-state index is 9.01. The van der Waals surface area contributed by atoms with Gasteiger partial charge in [-0.25, -0.2) is 0 Å². The molecule has 0 aliphatic heterocycles. The molecule has 0 radical (unpaired) electrons. The van der Waals surface area contributed by atoms with E-state index < -0.39 is 0 Å². The van der Waals surface area contributed by atoms with Gasteiger partial charge in [0.1, 0.15) is 0 Å². The van der Waals surface area contributed by atoms with Crippen molar-refractivity contribution >= 4 is 0 Å². The van der Waals surface area contributed by atoms with Crippen molar-refractivity contribution in [3.63, 3.8) is 0 Å². The van der Waals surface area contributed by atoms with Gasteiger partial charge in [-0.3, -0.25) is 0 Å². The fourth-order valence-electron chi connectivity index (χ4n) is 4.41. The molecule has 0 amide bonds. The summed E-state index contributed by atoms with van der Waals surface area (Å²) in [7, 11) is 0. The number of nitriles is 1. The molecule has 0 N–H and O–H groups in total. The first-order chi connectivity index (χ1) is 9.80. The van der Waals surface area contributed by atoms with Crippen LogP contribution in [-0.4, -0.2) is 0 Å². The standard InChI is InChI=1S/C19H25N/c1-2-3-14-4-7-16(8-5-14)19-11-17-9-6-15(13-20)10-18(17)12-19/h6,9-10,14,16,19H,2-5,7-8,11-12H2,1H3. The van der Waals surface area contributed by atoms with E-state index in [0.29, 0.717) is 0 Å². The largest absolute Gasteiger partial charge is 0.192 e. The molecule has 1 aromatic carbocycles. The van der Waals surface area contributed by atoms with E-state index >= 15 is 0 Å². The van der Waals surface area contributed by atoms with Crippen LogP contribution in [0.15, 0.2) is 18.2 Å². The highest BCUT2D eigenvalue weighted by molar-refractivity contribution is 5.41. The molecule has 0 bridgehead atoms. The summed E-state index contributed by atoms with van der Waals surface area (Å²) in [6.45, 7) is 2.31. The van der Waals surface area contributed by atoms with Gasteiger partial charge in [0.2, 0.25) is 0 Å². The van der Waals surface area contributed by atoms with Crippen LogP contribution in [0, 0.1) is 29.1 Å². The molecular formula is C19H25N. The minimum absolute atomic E-state index is 0.830. The third kappa shape index (κ3) is 2.75. The van der Waals surface area contributed by atoms with Crippen molar-refractivity contribution in [3.8, 4) is 6.07 Å². The summed E-state index contributed by atoms with van der Waals surface area (Å²) in [6.07, 6.45) is 11.0. The van der Waals surface area contributed by atoms with Crippen molar-refractivity contribution in [3.05, 3.63) is 34.9 Å². The average molecular weight is 267 g/mol. The van der Waals surface area contributed by atoms with Crippen LogP contribution in [0.5, 0.6) is 0 Å². The Labute approximate surface area is 123 Å². The Bertz CT molecular complexity index is 503. The molecular weight excluding hydrogens is 242 g/mol. The van der Waals surface area contributed by atoms with Crippen LogP contribution >= 0.6 is 0 Å². The zero-order valence-corrected chi connectivity index (χ0v) is 12.6. The van der Waals surface area contributed by atoms with E-state index in [4.69, 9.17) is 5.26 Å². The lowest BCUT2D eigenvalue weighted by Gasteiger charge is -2.32. The average Bonchev–Trinajstić information content (AvgIpc) is 2.91. The summed E-state index contributed by atoms with van der Waals surface area (Å²) in [5, 5.41) is 9.01. The van der Waals surface area contributed by atoms with E-state index in [1.54, 1.807) is 0 Å². The highest BCUT2D eigenvalue weighted by Gasteiger charge is 2.31. The number of hydrogen-bond acceptors (Lipinski definition) is 1. The molecule has 0 saturated heterocycles. The number of fused-ring (bicyclic) bond motifs is 1. The lowest BCUT2D eigenvalue weighted by molar-refractivity contribution is 0.201. The Kier molecular flexibility index (Phi) is 4.10. The predicted molar refractivity (Wildman–Crippen MR) is 82.4 cm³/mol. The zero-order chi connectivity index (χ0) is 13.9. The first-order valence-electron chi connectivity index (χ1n) is 8.32. The molecule has 0 aromatic heterocycles. The first kappa shape index (κ1) is 13.7. The topological polar surface area (TPSA) is 23.8 Å². The van der Waals surface area contributed by atoms with Gasteiger partial charge < -0.3 is 0 Å². The Morgan fingerprint density at radius 3 is 2.50 bits per heavy atom. The minimum atomic E-state index is 0.830. The fourth-order valence-corrected chi connectivity index (χ4v) is 4.41. The molecule has 1 saturated carbocycles. The maximum Gasteiger partial charge on any atom is 0.0991 e. The normalized spacial score (nSPS) is 28.9. The second kappa shape index (κ2) is 6.00. The van der Waals surface area contributed by atoms with Crippen molar-refractivity contribution < 1.29 is 0 Å². The van der Waals surface area contributed by atoms with Gasteiger partial charge in [0.05, 0.1) is 11.6 Å². The van der Waals surface area contributed by atoms with Crippen LogP contribution in [0.1, 0.15) is 62.1 Å². The van der Waals surface area contributed by atoms with Gasteiger partial charge in [0.25, 0.3) is 0 Å². The number of benzene rings is 1. The summed E-state index contributed by atoms with van der Waals surface area (Å²) in [6, 6.07) is 8.57. The molecule has 20 heavy (non-hydrogen) atoms. The van der Waals surface area contributed by atoms with Crippen LogP contribution in [-0.2, 0) is 12.8 Å². The van der Waals surface area contributed by atoms with E-state index in [2.05, 4.69) is 25.1 Å². The SMILES string of the molecule is CCCC1CCC(C2Cc3ccc(C#N)cc3C2)CC1. The van der Waals surface area contributed by atoms with Crippen molar-refractivity contribution in [1.29, 1.82) is 5.26 Å². The number of nitrogens with zero attached hydrogens (tertiary/aromatic N) is 1. The fraction of sp³-hybridized carbons (Fsp3) is 0.632. The van der Waals surface area contributed by atoms with E-state index in [0.717, 1.165) is 23.3 Å². The first-order valence-corrected chi connectivity index (χ1v) is 8.32. The summed E-state index contributed by atoms with van der Waals surface area (Å²) in [5.74, 6) is 2.78.